The van der Waals surface area contributed by atoms with E-state index < -0.39 is 0 Å². The highest BCUT2D eigenvalue weighted by molar-refractivity contribution is 6.30. The van der Waals surface area contributed by atoms with Gasteiger partial charge < -0.3 is 9.64 Å². The number of carbonyl (C=O) groups is 1. The van der Waals surface area contributed by atoms with Gasteiger partial charge >= 0.3 is 0 Å². The molecule has 1 N–H and O–H groups in total. The largest absolute Gasteiger partial charge is 0.489 e. The Labute approximate surface area is 229 Å². The van der Waals surface area contributed by atoms with Gasteiger partial charge in [-0.2, -0.15) is 5.10 Å². The summed E-state index contributed by atoms with van der Waals surface area (Å²) in [5.41, 5.74) is 5.88. The van der Waals surface area contributed by atoms with E-state index in [0.29, 0.717) is 28.9 Å². The van der Waals surface area contributed by atoms with Gasteiger partial charge in [-0.05, 0) is 59.2 Å². The van der Waals surface area contributed by atoms with Gasteiger partial charge in [0.1, 0.15) is 18.1 Å². The molecule has 1 atom stereocenters. The lowest BCUT2D eigenvalue weighted by molar-refractivity contribution is 0.0730. The molecule has 0 spiro atoms. The third-order valence-corrected chi connectivity index (χ3v) is 7.08. The molecule has 5 aromatic rings. The van der Waals surface area contributed by atoms with Crippen LogP contribution >= 0.6 is 23.2 Å². The standard InChI is InChI=1S/C30H22Cl2N4O2/c31-23-9-3-19(4-10-23)18-38-25-13-7-22(8-14-25)29-26-27(21-5-11-24(32)12-6-21)34-35-28(26)30(37)36(29)17-20-2-1-15-33-16-20/h1-16,29H,17-18H2,(H,34,35). The molecule has 0 aliphatic carbocycles. The van der Waals surface area contributed by atoms with Crippen LogP contribution in [-0.4, -0.2) is 26.0 Å². The molecular formula is C30H22Cl2N4O2. The van der Waals surface area contributed by atoms with Gasteiger partial charge in [0.15, 0.2) is 0 Å². The molecule has 1 unspecified atom stereocenters. The maximum absolute atomic E-state index is 13.6. The van der Waals surface area contributed by atoms with Gasteiger partial charge in [-0.3, -0.25) is 14.9 Å². The van der Waals surface area contributed by atoms with Crippen LogP contribution in [-0.2, 0) is 13.2 Å². The van der Waals surface area contributed by atoms with Crippen molar-refractivity contribution in [2.24, 2.45) is 0 Å². The molecule has 188 valence electrons. The zero-order chi connectivity index (χ0) is 26.1. The van der Waals surface area contributed by atoms with E-state index in [1.807, 2.05) is 89.8 Å². The van der Waals surface area contributed by atoms with E-state index in [1.54, 1.807) is 12.4 Å². The molecule has 0 saturated heterocycles. The zero-order valence-electron chi connectivity index (χ0n) is 20.1. The quantitative estimate of drug-likeness (QED) is 0.239. The molecule has 0 saturated carbocycles. The van der Waals surface area contributed by atoms with Crippen LogP contribution in [0.2, 0.25) is 10.0 Å². The normalized spacial score (nSPS) is 14.5. The maximum atomic E-state index is 13.6. The first-order valence-electron chi connectivity index (χ1n) is 12.1. The number of nitrogens with one attached hydrogen (secondary N) is 1. The average Bonchev–Trinajstić information content (AvgIpc) is 3.49. The number of aromatic nitrogens is 3. The first-order valence-corrected chi connectivity index (χ1v) is 12.8. The molecular weight excluding hydrogens is 519 g/mol. The number of halogens is 2. The van der Waals surface area contributed by atoms with Crippen molar-refractivity contribution < 1.29 is 9.53 Å². The summed E-state index contributed by atoms with van der Waals surface area (Å²) in [5, 5.41) is 8.86. The number of H-pyrrole nitrogens is 1. The third kappa shape index (κ3) is 4.76. The van der Waals surface area contributed by atoms with E-state index in [9.17, 15) is 4.79 Å². The van der Waals surface area contributed by atoms with Gasteiger partial charge in [0, 0.05) is 40.1 Å². The Morgan fingerprint density at radius 3 is 2.26 bits per heavy atom. The van der Waals surface area contributed by atoms with Crippen molar-refractivity contribution in [1.29, 1.82) is 0 Å². The van der Waals surface area contributed by atoms with Crippen molar-refractivity contribution in [1.82, 2.24) is 20.1 Å². The predicted molar refractivity (Wildman–Crippen MR) is 147 cm³/mol. The number of nitrogens with zero attached hydrogens (tertiary/aromatic N) is 3. The fourth-order valence-electron chi connectivity index (χ4n) is 4.72. The number of amides is 1. The second-order valence-electron chi connectivity index (χ2n) is 9.05. The lowest BCUT2D eigenvalue weighted by Crippen LogP contribution is -2.29. The van der Waals surface area contributed by atoms with Gasteiger partial charge in [-0.25, -0.2) is 0 Å². The van der Waals surface area contributed by atoms with E-state index in [4.69, 9.17) is 27.9 Å². The van der Waals surface area contributed by atoms with E-state index in [1.165, 1.54) is 0 Å². The molecule has 3 heterocycles. The van der Waals surface area contributed by atoms with Crippen LogP contribution in [0.25, 0.3) is 11.3 Å². The van der Waals surface area contributed by atoms with Gasteiger partial charge in [0.25, 0.3) is 5.91 Å². The molecule has 1 aliphatic rings. The van der Waals surface area contributed by atoms with Crippen LogP contribution in [0.3, 0.4) is 0 Å². The van der Waals surface area contributed by atoms with E-state index >= 15 is 0 Å². The number of ether oxygens (including phenoxy) is 1. The van der Waals surface area contributed by atoms with Gasteiger partial charge in [0.2, 0.25) is 0 Å². The number of fused-ring (bicyclic) bond motifs is 1. The summed E-state index contributed by atoms with van der Waals surface area (Å²) in [5.74, 6) is 0.627. The highest BCUT2D eigenvalue weighted by Gasteiger charge is 2.42. The molecule has 3 aromatic carbocycles. The first-order chi connectivity index (χ1) is 18.6. The molecule has 38 heavy (non-hydrogen) atoms. The number of pyridine rings is 1. The average molecular weight is 541 g/mol. The molecule has 0 fully saturated rings. The van der Waals surface area contributed by atoms with Crippen LogP contribution in [0.5, 0.6) is 5.75 Å². The molecule has 0 bridgehead atoms. The van der Waals surface area contributed by atoms with Crippen molar-refractivity contribution in [3.8, 4) is 17.0 Å². The summed E-state index contributed by atoms with van der Waals surface area (Å²) in [6.07, 6.45) is 3.50. The van der Waals surface area contributed by atoms with Crippen molar-refractivity contribution >= 4 is 29.1 Å². The van der Waals surface area contributed by atoms with Crippen molar-refractivity contribution in [3.05, 3.63) is 135 Å². The third-order valence-electron chi connectivity index (χ3n) is 6.57. The summed E-state index contributed by atoms with van der Waals surface area (Å²) >= 11 is 12.1. The molecule has 2 aromatic heterocycles. The van der Waals surface area contributed by atoms with E-state index in [2.05, 4.69) is 15.2 Å². The van der Waals surface area contributed by atoms with Crippen LogP contribution < -0.4 is 4.74 Å². The summed E-state index contributed by atoms with van der Waals surface area (Å²) < 4.78 is 5.99. The summed E-state index contributed by atoms with van der Waals surface area (Å²) in [7, 11) is 0. The van der Waals surface area contributed by atoms with Gasteiger partial charge in [-0.15, -0.1) is 0 Å². The lowest BCUT2D eigenvalue weighted by atomic mass is 9.96. The minimum Gasteiger partial charge on any atom is -0.489 e. The zero-order valence-corrected chi connectivity index (χ0v) is 21.7. The molecule has 1 amide bonds. The highest BCUT2D eigenvalue weighted by atomic mass is 35.5. The Balaban J connectivity index is 1.34. The van der Waals surface area contributed by atoms with E-state index in [-0.39, 0.29) is 11.9 Å². The SMILES string of the molecule is O=C1c2[nH]nc(-c3ccc(Cl)cc3)c2C(c2ccc(OCc3ccc(Cl)cc3)cc2)N1Cc1cccnc1. The van der Waals surface area contributed by atoms with Gasteiger partial charge in [0.05, 0.1) is 11.7 Å². The number of hydrogen-bond donors (Lipinski definition) is 1. The van der Waals surface area contributed by atoms with Crippen molar-refractivity contribution in [2.75, 3.05) is 0 Å². The Hall–Kier alpha value is -4.13. The van der Waals surface area contributed by atoms with Crippen molar-refractivity contribution in [2.45, 2.75) is 19.2 Å². The lowest BCUT2D eigenvalue weighted by Gasteiger charge is -2.26. The Kier molecular flexibility index (Phi) is 6.58. The smallest absolute Gasteiger partial charge is 0.273 e. The van der Waals surface area contributed by atoms with Crippen LogP contribution in [0.4, 0.5) is 0 Å². The minimum atomic E-state index is -0.340. The van der Waals surface area contributed by atoms with Crippen LogP contribution in [0.15, 0.2) is 97.3 Å². The summed E-state index contributed by atoms with van der Waals surface area (Å²) in [6.45, 7) is 0.840. The minimum absolute atomic E-state index is 0.107. The maximum Gasteiger partial charge on any atom is 0.273 e. The molecule has 0 radical (unpaired) electrons. The summed E-state index contributed by atoms with van der Waals surface area (Å²) in [4.78, 5) is 19.7. The number of carbonyl (C=O) groups excluding carboxylic acids is 1. The highest BCUT2D eigenvalue weighted by Crippen LogP contribution is 2.43. The topological polar surface area (TPSA) is 71.1 Å². The predicted octanol–water partition coefficient (Wildman–Crippen LogP) is 7.10. The number of benzene rings is 3. The Morgan fingerprint density at radius 1 is 0.868 bits per heavy atom. The van der Waals surface area contributed by atoms with Crippen LogP contribution in [0, 0.1) is 0 Å². The second kappa shape index (κ2) is 10.3. The molecule has 6 rings (SSSR count). The van der Waals surface area contributed by atoms with Gasteiger partial charge in [-0.1, -0.05) is 65.7 Å². The van der Waals surface area contributed by atoms with E-state index in [0.717, 1.165) is 39.3 Å². The second-order valence-corrected chi connectivity index (χ2v) is 9.92. The fraction of sp³-hybridized carbons (Fsp3) is 0.100. The number of rotatable bonds is 7. The number of hydrogen-bond acceptors (Lipinski definition) is 4. The molecule has 6 nitrogen and oxygen atoms in total. The van der Waals surface area contributed by atoms with Crippen LogP contribution in [0.1, 0.15) is 38.8 Å². The fourth-order valence-corrected chi connectivity index (χ4v) is 4.97. The van der Waals surface area contributed by atoms with Crippen molar-refractivity contribution in [3.63, 3.8) is 0 Å². The summed E-state index contributed by atoms with van der Waals surface area (Å²) in [6, 6.07) is 26.4. The number of aromatic amines is 1. The first kappa shape index (κ1) is 24.2. The Bertz CT molecular complexity index is 1570. The Morgan fingerprint density at radius 2 is 1.58 bits per heavy atom. The monoisotopic (exact) mass is 540 g/mol. The molecule has 8 heteroatoms. The molecule has 1 aliphatic heterocycles.